The van der Waals surface area contributed by atoms with Crippen LogP contribution in [0.15, 0.2) is 78.2 Å². The summed E-state index contributed by atoms with van der Waals surface area (Å²) in [5.41, 5.74) is 8.61. The molecule has 0 aliphatic heterocycles. The van der Waals surface area contributed by atoms with Crippen molar-refractivity contribution in [1.82, 2.24) is 9.97 Å². The molecule has 10 nitrogen and oxygen atoms in total. The first-order valence-electron chi connectivity index (χ1n) is 11.5. The standard InChI is InChI=1S/C27H23N5O5S2/c1-36-19-13-17(14-20(15-19)37-2)29-26-27(31-23-9-4-3-8-22(23)30-26)32(39(34)35)18-7-5-6-16(12-18)24-21(25(28)33)10-11-38-24/h3-15H,1-2H3,(H2,28,33)(H,29,30)(H,34,35). The number of aromatic nitrogens is 2. The van der Waals surface area contributed by atoms with Crippen LogP contribution in [0.1, 0.15) is 10.4 Å². The molecule has 39 heavy (non-hydrogen) atoms. The number of rotatable bonds is 9. The van der Waals surface area contributed by atoms with E-state index >= 15 is 0 Å². The normalized spacial score (nSPS) is 11.7. The van der Waals surface area contributed by atoms with E-state index in [1.165, 1.54) is 11.3 Å². The van der Waals surface area contributed by atoms with E-state index in [4.69, 9.17) is 25.2 Å². The molecule has 2 heterocycles. The number of hydrogen-bond acceptors (Lipinski definition) is 8. The van der Waals surface area contributed by atoms with Gasteiger partial charge >= 0.3 is 0 Å². The minimum atomic E-state index is -2.54. The number of primary amides is 1. The highest BCUT2D eigenvalue weighted by Gasteiger charge is 2.24. The van der Waals surface area contributed by atoms with Gasteiger partial charge in [-0.1, -0.05) is 24.3 Å². The van der Waals surface area contributed by atoms with Gasteiger partial charge in [-0.3, -0.25) is 9.35 Å². The number of methoxy groups -OCH3 is 2. The monoisotopic (exact) mass is 561 g/mol. The molecular formula is C27H23N5O5S2. The average Bonchev–Trinajstić information content (AvgIpc) is 3.44. The van der Waals surface area contributed by atoms with Gasteiger partial charge in [-0.05, 0) is 41.3 Å². The lowest BCUT2D eigenvalue weighted by molar-refractivity contribution is 0.100. The first kappa shape index (κ1) is 26.1. The number of ether oxygens (including phenoxy) is 2. The minimum Gasteiger partial charge on any atom is -0.497 e. The molecular weight excluding hydrogens is 538 g/mol. The Morgan fingerprint density at radius 2 is 1.67 bits per heavy atom. The topological polar surface area (TPSA) is 140 Å². The zero-order valence-electron chi connectivity index (χ0n) is 20.8. The van der Waals surface area contributed by atoms with Crippen LogP contribution in [0.5, 0.6) is 11.5 Å². The molecule has 4 N–H and O–H groups in total. The number of hydrogen-bond donors (Lipinski definition) is 3. The smallest absolute Gasteiger partial charge is 0.268 e. The maximum Gasteiger partial charge on any atom is 0.268 e. The largest absolute Gasteiger partial charge is 0.497 e. The van der Waals surface area contributed by atoms with Crippen molar-refractivity contribution in [2.75, 3.05) is 23.8 Å². The summed E-state index contributed by atoms with van der Waals surface area (Å²) in [6.07, 6.45) is 0. The number of nitrogens with zero attached hydrogens (tertiary/aromatic N) is 3. The van der Waals surface area contributed by atoms with Crippen LogP contribution in [0.2, 0.25) is 0 Å². The molecule has 1 amide bonds. The molecule has 0 bridgehead atoms. The van der Waals surface area contributed by atoms with Gasteiger partial charge in [-0.15, -0.1) is 11.3 Å². The molecule has 12 heteroatoms. The lowest BCUT2D eigenvalue weighted by Crippen LogP contribution is -2.22. The summed E-state index contributed by atoms with van der Waals surface area (Å²) in [6, 6.07) is 21.0. The van der Waals surface area contributed by atoms with Crippen molar-refractivity contribution in [2.45, 2.75) is 0 Å². The molecule has 0 aliphatic carbocycles. The first-order chi connectivity index (χ1) is 18.9. The third-order valence-corrected chi connectivity index (χ3v) is 7.45. The average molecular weight is 562 g/mol. The summed E-state index contributed by atoms with van der Waals surface area (Å²) in [4.78, 5) is 22.0. The van der Waals surface area contributed by atoms with Gasteiger partial charge in [-0.2, -0.15) is 0 Å². The van der Waals surface area contributed by atoms with Crippen LogP contribution in [0.25, 0.3) is 21.5 Å². The summed E-state index contributed by atoms with van der Waals surface area (Å²) in [5, 5.41) is 4.97. The van der Waals surface area contributed by atoms with Crippen molar-refractivity contribution < 1.29 is 23.0 Å². The minimum absolute atomic E-state index is 0.106. The summed E-state index contributed by atoms with van der Waals surface area (Å²) in [7, 11) is 3.08. The summed E-state index contributed by atoms with van der Waals surface area (Å²) >= 11 is -1.20. The van der Waals surface area contributed by atoms with E-state index in [1.807, 2.05) is 12.1 Å². The Morgan fingerprint density at radius 3 is 2.31 bits per heavy atom. The second-order valence-electron chi connectivity index (χ2n) is 8.21. The molecule has 0 radical (unpaired) electrons. The molecule has 0 saturated carbocycles. The zero-order chi connectivity index (χ0) is 27.5. The number of benzene rings is 3. The van der Waals surface area contributed by atoms with Crippen LogP contribution < -0.4 is 24.8 Å². The van der Waals surface area contributed by atoms with E-state index in [0.29, 0.717) is 49.9 Å². The quantitative estimate of drug-likeness (QED) is 0.201. The molecule has 198 valence electrons. The Labute approximate surface area is 230 Å². The maximum atomic E-state index is 12.8. The third kappa shape index (κ3) is 5.39. The van der Waals surface area contributed by atoms with Crippen LogP contribution in [-0.4, -0.2) is 38.9 Å². The van der Waals surface area contributed by atoms with Crippen molar-refractivity contribution in [3.8, 4) is 21.9 Å². The van der Waals surface area contributed by atoms with E-state index in [9.17, 15) is 13.6 Å². The second-order valence-corrected chi connectivity index (χ2v) is 9.96. The second kappa shape index (κ2) is 11.1. The Morgan fingerprint density at radius 1 is 0.974 bits per heavy atom. The van der Waals surface area contributed by atoms with Crippen LogP contribution in [0.3, 0.4) is 0 Å². The number of fused-ring (bicyclic) bond motifs is 1. The van der Waals surface area contributed by atoms with Crippen LogP contribution in [0.4, 0.5) is 23.0 Å². The predicted molar refractivity (Wildman–Crippen MR) is 154 cm³/mol. The van der Waals surface area contributed by atoms with Crippen molar-refractivity contribution in [3.63, 3.8) is 0 Å². The van der Waals surface area contributed by atoms with Crippen molar-refractivity contribution in [1.29, 1.82) is 0 Å². The Kier molecular flexibility index (Phi) is 7.41. The van der Waals surface area contributed by atoms with Crippen LogP contribution >= 0.6 is 11.3 Å². The van der Waals surface area contributed by atoms with Gasteiger partial charge in [0.2, 0.25) is 5.91 Å². The van der Waals surface area contributed by atoms with Gasteiger partial charge in [0.05, 0.1) is 36.5 Å². The SMILES string of the molecule is COc1cc(Nc2nc3ccccc3nc2N(c2cccc(-c3sccc3C(N)=O)c2)S(=O)O)cc(OC)c1. The van der Waals surface area contributed by atoms with Gasteiger partial charge in [0.1, 0.15) is 11.5 Å². The maximum absolute atomic E-state index is 12.8. The molecule has 0 fully saturated rings. The third-order valence-electron chi connectivity index (χ3n) is 5.79. The predicted octanol–water partition coefficient (Wildman–Crippen LogP) is 5.49. The summed E-state index contributed by atoms with van der Waals surface area (Å²) < 4.78 is 35.3. The molecule has 0 aliphatic rings. The van der Waals surface area contributed by atoms with E-state index in [1.54, 1.807) is 80.3 Å². The highest BCUT2D eigenvalue weighted by molar-refractivity contribution is 7.81. The number of carbonyl (C=O) groups is 1. The van der Waals surface area contributed by atoms with Gasteiger partial charge < -0.3 is 20.5 Å². The first-order valence-corrected chi connectivity index (χ1v) is 13.5. The summed E-state index contributed by atoms with van der Waals surface area (Å²) in [6.45, 7) is 0. The number of anilines is 4. The molecule has 1 unspecified atom stereocenters. The van der Waals surface area contributed by atoms with Crippen LogP contribution in [-0.2, 0) is 11.3 Å². The molecule has 2 aromatic heterocycles. The van der Waals surface area contributed by atoms with Crippen molar-refractivity contribution in [2.24, 2.45) is 5.73 Å². The van der Waals surface area contributed by atoms with Crippen molar-refractivity contribution >= 4 is 62.6 Å². The van der Waals surface area contributed by atoms with Gasteiger partial charge in [0.15, 0.2) is 11.6 Å². The number of nitrogens with one attached hydrogen (secondary N) is 1. The van der Waals surface area contributed by atoms with E-state index < -0.39 is 17.2 Å². The lowest BCUT2D eigenvalue weighted by atomic mass is 10.1. The highest BCUT2D eigenvalue weighted by Crippen LogP contribution is 2.38. The van der Waals surface area contributed by atoms with E-state index in [2.05, 4.69) is 5.32 Å². The van der Waals surface area contributed by atoms with Gasteiger partial charge in [0.25, 0.3) is 11.3 Å². The zero-order valence-corrected chi connectivity index (χ0v) is 22.5. The van der Waals surface area contributed by atoms with Crippen molar-refractivity contribution in [3.05, 3.63) is 83.7 Å². The summed E-state index contributed by atoms with van der Waals surface area (Å²) in [5.74, 6) is 0.868. The number of para-hydroxylation sites is 2. The fraction of sp³-hybridized carbons (Fsp3) is 0.0741. The highest BCUT2D eigenvalue weighted by atomic mass is 32.2. The van der Waals surface area contributed by atoms with E-state index in [0.717, 1.165) is 4.31 Å². The van der Waals surface area contributed by atoms with Crippen LogP contribution in [0, 0.1) is 0 Å². The van der Waals surface area contributed by atoms with E-state index in [-0.39, 0.29) is 11.6 Å². The molecule has 3 aromatic carbocycles. The molecule has 1 atom stereocenters. The fourth-order valence-electron chi connectivity index (χ4n) is 4.02. The molecule has 0 saturated heterocycles. The molecule has 5 aromatic rings. The Bertz CT molecular complexity index is 1690. The Hall–Kier alpha value is -4.52. The Balaban J connectivity index is 1.66. The number of thiophene rings is 1. The fourth-order valence-corrected chi connectivity index (χ4v) is 5.49. The number of nitrogens with two attached hydrogens (primary N) is 1. The lowest BCUT2D eigenvalue weighted by Gasteiger charge is -2.23. The number of carbonyl (C=O) groups excluding carboxylic acids is 1. The van der Waals surface area contributed by atoms with Gasteiger partial charge in [0, 0.05) is 28.8 Å². The van der Waals surface area contributed by atoms with Gasteiger partial charge in [-0.25, -0.2) is 18.5 Å². The number of amides is 1. The molecule has 5 rings (SSSR count). The molecule has 0 spiro atoms.